The first-order valence-electron chi connectivity index (χ1n) is 8.77. The zero-order chi connectivity index (χ0) is 20.6. The van der Waals surface area contributed by atoms with Gasteiger partial charge in [-0.15, -0.1) is 11.3 Å². The number of para-hydroxylation sites is 1. The van der Waals surface area contributed by atoms with Crippen LogP contribution in [0.25, 0.3) is 10.6 Å². The van der Waals surface area contributed by atoms with Crippen LogP contribution in [0.15, 0.2) is 53.9 Å². The van der Waals surface area contributed by atoms with Crippen molar-refractivity contribution in [3.05, 3.63) is 65.2 Å². The van der Waals surface area contributed by atoms with Gasteiger partial charge in [0, 0.05) is 10.9 Å². The summed E-state index contributed by atoms with van der Waals surface area (Å²) in [6, 6.07) is 14.2. The molecule has 0 aliphatic rings. The van der Waals surface area contributed by atoms with Crippen LogP contribution in [0.1, 0.15) is 16.1 Å². The molecule has 0 spiro atoms. The monoisotopic (exact) mass is 412 g/mol. The van der Waals surface area contributed by atoms with E-state index in [0.29, 0.717) is 22.8 Å². The van der Waals surface area contributed by atoms with E-state index in [1.807, 2.05) is 29.6 Å². The molecule has 0 unspecified atom stereocenters. The minimum absolute atomic E-state index is 0.0167. The molecule has 1 amide bonds. The summed E-state index contributed by atoms with van der Waals surface area (Å²) in [7, 11) is 3.15. The highest BCUT2D eigenvalue weighted by Gasteiger charge is 2.15. The van der Waals surface area contributed by atoms with Crippen molar-refractivity contribution in [1.29, 1.82) is 0 Å². The lowest BCUT2D eigenvalue weighted by atomic mass is 10.2. The van der Waals surface area contributed by atoms with Crippen molar-refractivity contribution >= 4 is 23.2 Å². The number of amides is 1. The number of thiazole rings is 1. The molecule has 8 heteroatoms. The number of rotatable bonds is 8. The first-order valence-corrected chi connectivity index (χ1v) is 9.65. The SMILES string of the molecule is COc1cccc(-c2nc(COC(=O)CNC(=O)c3ccccc3)cs2)c1OC. The number of nitrogens with zero attached hydrogens (tertiary/aromatic N) is 1. The number of ether oxygens (including phenoxy) is 3. The Labute approximate surface area is 172 Å². The zero-order valence-corrected chi connectivity index (χ0v) is 16.8. The van der Waals surface area contributed by atoms with Crippen LogP contribution < -0.4 is 14.8 Å². The lowest BCUT2D eigenvalue weighted by Gasteiger charge is -2.10. The number of methoxy groups -OCH3 is 2. The van der Waals surface area contributed by atoms with Crippen LogP contribution in [0.4, 0.5) is 0 Å². The van der Waals surface area contributed by atoms with Crippen LogP contribution in [-0.2, 0) is 16.1 Å². The third-order valence-corrected chi connectivity index (χ3v) is 4.92. The largest absolute Gasteiger partial charge is 0.493 e. The Bertz CT molecular complexity index is 988. The number of nitrogens with one attached hydrogen (secondary N) is 1. The molecule has 150 valence electrons. The molecule has 0 saturated heterocycles. The molecule has 2 aromatic carbocycles. The fourth-order valence-electron chi connectivity index (χ4n) is 2.60. The van der Waals surface area contributed by atoms with Gasteiger partial charge >= 0.3 is 5.97 Å². The van der Waals surface area contributed by atoms with Crippen LogP contribution in [0.3, 0.4) is 0 Å². The van der Waals surface area contributed by atoms with E-state index in [0.717, 1.165) is 10.6 Å². The highest BCUT2D eigenvalue weighted by molar-refractivity contribution is 7.13. The Morgan fingerprint density at radius 2 is 1.83 bits per heavy atom. The van der Waals surface area contributed by atoms with Crippen LogP contribution >= 0.6 is 11.3 Å². The van der Waals surface area contributed by atoms with Gasteiger partial charge in [0.25, 0.3) is 5.91 Å². The van der Waals surface area contributed by atoms with Crippen molar-refractivity contribution in [3.63, 3.8) is 0 Å². The van der Waals surface area contributed by atoms with E-state index < -0.39 is 5.97 Å². The maximum absolute atomic E-state index is 11.9. The summed E-state index contributed by atoms with van der Waals surface area (Å²) in [5, 5.41) is 5.07. The van der Waals surface area contributed by atoms with Crippen molar-refractivity contribution in [3.8, 4) is 22.1 Å². The summed E-state index contributed by atoms with van der Waals surface area (Å²) in [6.07, 6.45) is 0. The molecular weight excluding hydrogens is 392 g/mol. The van der Waals surface area contributed by atoms with E-state index in [2.05, 4.69) is 10.3 Å². The van der Waals surface area contributed by atoms with Gasteiger partial charge in [-0.2, -0.15) is 0 Å². The minimum Gasteiger partial charge on any atom is -0.493 e. The molecular formula is C21H20N2O5S. The van der Waals surface area contributed by atoms with Crippen LogP contribution in [-0.4, -0.2) is 37.6 Å². The topological polar surface area (TPSA) is 86.8 Å². The molecule has 0 fully saturated rings. The highest BCUT2D eigenvalue weighted by atomic mass is 32.1. The summed E-state index contributed by atoms with van der Waals surface area (Å²) >= 11 is 1.41. The second kappa shape index (κ2) is 9.70. The molecule has 3 rings (SSSR count). The second-order valence-electron chi connectivity index (χ2n) is 5.89. The summed E-state index contributed by atoms with van der Waals surface area (Å²) < 4.78 is 15.9. The van der Waals surface area contributed by atoms with Crippen molar-refractivity contribution in [2.75, 3.05) is 20.8 Å². The molecule has 0 aliphatic carbocycles. The third-order valence-electron chi connectivity index (χ3n) is 4.00. The molecule has 0 radical (unpaired) electrons. The summed E-state index contributed by atoms with van der Waals surface area (Å²) in [6.45, 7) is -0.197. The van der Waals surface area contributed by atoms with E-state index >= 15 is 0 Å². The first kappa shape index (κ1) is 20.3. The van der Waals surface area contributed by atoms with Gasteiger partial charge < -0.3 is 19.5 Å². The molecule has 0 aliphatic heterocycles. The van der Waals surface area contributed by atoms with E-state index in [4.69, 9.17) is 14.2 Å². The van der Waals surface area contributed by atoms with Crippen molar-refractivity contribution in [1.82, 2.24) is 10.3 Å². The third kappa shape index (κ3) is 5.11. The number of carbonyl (C=O) groups excluding carboxylic acids is 2. The Balaban J connectivity index is 1.56. The smallest absolute Gasteiger partial charge is 0.325 e. The van der Waals surface area contributed by atoms with Crippen molar-refractivity contribution < 1.29 is 23.8 Å². The van der Waals surface area contributed by atoms with Gasteiger partial charge in [-0.1, -0.05) is 24.3 Å². The molecule has 0 bridgehead atoms. The summed E-state index contributed by atoms with van der Waals surface area (Å²) in [5.74, 6) is 0.338. The Hall–Kier alpha value is -3.39. The maximum atomic E-state index is 11.9. The number of aromatic nitrogens is 1. The standard InChI is InChI=1S/C21H20N2O5S/c1-26-17-10-6-9-16(19(17)27-2)21-23-15(13-29-21)12-28-18(24)11-22-20(25)14-7-4-3-5-8-14/h3-10,13H,11-12H2,1-2H3,(H,22,25). The van der Waals surface area contributed by atoms with Gasteiger partial charge in [0.05, 0.1) is 25.5 Å². The van der Waals surface area contributed by atoms with Gasteiger partial charge in [-0.05, 0) is 24.3 Å². The average molecular weight is 412 g/mol. The Morgan fingerprint density at radius 1 is 1.03 bits per heavy atom. The molecule has 3 aromatic rings. The van der Waals surface area contributed by atoms with Crippen molar-refractivity contribution in [2.24, 2.45) is 0 Å². The number of esters is 1. The van der Waals surface area contributed by atoms with Gasteiger partial charge in [0.15, 0.2) is 11.5 Å². The predicted octanol–water partition coefficient (Wildman–Crippen LogP) is 3.30. The van der Waals surface area contributed by atoms with E-state index in [1.54, 1.807) is 38.5 Å². The maximum Gasteiger partial charge on any atom is 0.325 e. The van der Waals surface area contributed by atoms with Crippen LogP contribution in [0, 0.1) is 0 Å². The van der Waals surface area contributed by atoms with Crippen LogP contribution in [0.5, 0.6) is 11.5 Å². The lowest BCUT2D eigenvalue weighted by molar-refractivity contribution is -0.143. The molecule has 1 heterocycles. The van der Waals surface area contributed by atoms with Crippen molar-refractivity contribution in [2.45, 2.75) is 6.61 Å². The summed E-state index contributed by atoms with van der Waals surface area (Å²) in [4.78, 5) is 28.4. The predicted molar refractivity (Wildman–Crippen MR) is 109 cm³/mol. The Kier molecular flexibility index (Phi) is 6.80. The van der Waals surface area contributed by atoms with Gasteiger partial charge in [0.2, 0.25) is 0 Å². The molecule has 0 saturated carbocycles. The van der Waals surface area contributed by atoms with E-state index in [1.165, 1.54) is 11.3 Å². The molecule has 1 aromatic heterocycles. The average Bonchev–Trinajstić information content (AvgIpc) is 3.24. The van der Waals surface area contributed by atoms with Gasteiger partial charge in [0.1, 0.15) is 18.2 Å². The lowest BCUT2D eigenvalue weighted by Crippen LogP contribution is -2.30. The summed E-state index contributed by atoms with van der Waals surface area (Å²) in [5.41, 5.74) is 1.89. The fraction of sp³-hybridized carbons (Fsp3) is 0.190. The number of hydrogen-bond donors (Lipinski definition) is 1. The normalized spacial score (nSPS) is 10.3. The highest BCUT2D eigenvalue weighted by Crippen LogP contribution is 2.38. The number of benzene rings is 2. The van der Waals surface area contributed by atoms with E-state index in [9.17, 15) is 9.59 Å². The van der Waals surface area contributed by atoms with Crippen LogP contribution in [0.2, 0.25) is 0 Å². The minimum atomic E-state index is -0.539. The second-order valence-corrected chi connectivity index (χ2v) is 6.75. The fourth-order valence-corrected chi connectivity index (χ4v) is 3.43. The molecule has 0 atom stereocenters. The zero-order valence-electron chi connectivity index (χ0n) is 16.0. The Morgan fingerprint density at radius 3 is 2.55 bits per heavy atom. The van der Waals surface area contributed by atoms with Gasteiger partial charge in [-0.3, -0.25) is 9.59 Å². The number of carbonyl (C=O) groups is 2. The van der Waals surface area contributed by atoms with Gasteiger partial charge in [-0.25, -0.2) is 4.98 Å². The van der Waals surface area contributed by atoms with E-state index in [-0.39, 0.29) is 19.1 Å². The first-order chi connectivity index (χ1) is 14.1. The quantitative estimate of drug-likeness (QED) is 0.572. The molecule has 7 nitrogen and oxygen atoms in total. The molecule has 29 heavy (non-hydrogen) atoms. The number of hydrogen-bond acceptors (Lipinski definition) is 7. The molecule has 1 N–H and O–H groups in total.